The highest BCUT2D eigenvalue weighted by atomic mass is 127. The van der Waals surface area contributed by atoms with Gasteiger partial charge in [-0.15, -0.1) is 0 Å². The molecule has 0 saturated heterocycles. The standard InChI is InChI=1S/C10H14ClIN2O/c1-2-3-4-5-6-14-7-13-9(11)8(12)10(14)15/h7H,2-6H2,1H3. The van der Waals surface area contributed by atoms with Gasteiger partial charge in [-0.2, -0.15) is 0 Å². The highest BCUT2D eigenvalue weighted by Gasteiger charge is 2.05. The van der Waals surface area contributed by atoms with Crippen molar-refractivity contribution in [1.82, 2.24) is 9.55 Å². The van der Waals surface area contributed by atoms with E-state index in [4.69, 9.17) is 11.6 Å². The molecule has 15 heavy (non-hydrogen) atoms. The van der Waals surface area contributed by atoms with Crippen molar-refractivity contribution in [2.45, 2.75) is 39.2 Å². The first-order valence-corrected chi connectivity index (χ1v) is 6.53. The summed E-state index contributed by atoms with van der Waals surface area (Å²) in [7, 11) is 0. The molecule has 84 valence electrons. The molecule has 0 aromatic carbocycles. The Morgan fingerprint density at radius 2 is 2.20 bits per heavy atom. The summed E-state index contributed by atoms with van der Waals surface area (Å²) in [6.45, 7) is 2.90. The Balaban J connectivity index is 2.63. The number of unbranched alkanes of at least 4 members (excludes halogenated alkanes) is 3. The number of aryl methyl sites for hydroxylation is 1. The van der Waals surface area contributed by atoms with E-state index in [1.807, 2.05) is 22.6 Å². The third-order valence-electron chi connectivity index (χ3n) is 2.19. The van der Waals surface area contributed by atoms with Gasteiger partial charge in [-0.1, -0.05) is 37.8 Å². The van der Waals surface area contributed by atoms with Crippen LogP contribution in [0.1, 0.15) is 32.6 Å². The summed E-state index contributed by atoms with van der Waals surface area (Å²) in [4.78, 5) is 15.6. The van der Waals surface area contributed by atoms with E-state index in [0.717, 1.165) is 19.4 Å². The van der Waals surface area contributed by atoms with Crippen molar-refractivity contribution in [2.24, 2.45) is 0 Å². The number of rotatable bonds is 5. The van der Waals surface area contributed by atoms with E-state index in [1.54, 1.807) is 4.57 Å². The van der Waals surface area contributed by atoms with Crippen LogP contribution < -0.4 is 5.56 Å². The SMILES string of the molecule is CCCCCCn1cnc(Cl)c(I)c1=O. The fourth-order valence-electron chi connectivity index (χ4n) is 1.31. The van der Waals surface area contributed by atoms with E-state index in [-0.39, 0.29) is 5.56 Å². The molecule has 0 radical (unpaired) electrons. The molecule has 5 heteroatoms. The molecule has 0 aliphatic rings. The molecule has 0 unspecified atom stereocenters. The first-order chi connectivity index (χ1) is 7.16. The minimum absolute atomic E-state index is 0.0351. The number of halogens is 2. The fraction of sp³-hybridized carbons (Fsp3) is 0.600. The minimum atomic E-state index is -0.0351. The third-order valence-corrected chi connectivity index (χ3v) is 3.77. The van der Waals surface area contributed by atoms with Crippen molar-refractivity contribution in [1.29, 1.82) is 0 Å². The van der Waals surface area contributed by atoms with Gasteiger partial charge in [0.15, 0.2) is 0 Å². The van der Waals surface area contributed by atoms with E-state index in [1.165, 1.54) is 19.2 Å². The smallest absolute Gasteiger partial charge is 0.268 e. The van der Waals surface area contributed by atoms with Gasteiger partial charge in [0.2, 0.25) is 0 Å². The number of hydrogen-bond acceptors (Lipinski definition) is 2. The van der Waals surface area contributed by atoms with Crippen LogP contribution in [-0.4, -0.2) is 9.55 Å². The molecule has 0 spiro atoms. The van der Waals surface area contributed by atoms with Gasteiger partial charge in [-0.3, -0.25) is 9.36 Å². The predicted molar refractivity (Wildman–Crippen MR) is 70.4 cm³/mol. The van der Waals surface area contributed by atoms with E-state index >= 15 is 0 Å². The van der Waals surface area contributed by atoms with Gasteiger partial charge < -0.3 is 0 Å². The van der Waals surface area contributed by atoms with Crippen molar-refractivity contribution < 1.29 is 0 Å². The number of aromatic nitrogens is 2. The Hall–Kier alpha value is -0.100. The molecule has 0 saturated carbocycles. The Kier molecular flexibility index (Phi) is 5.60. The van der Waals surface area contributed by atoms with E-state index < -0.39 is 0 Å². The van der Waals surface area contributed by atoms with Crippen LogP contribution in [0.5, 0.6) is 0 Å². The molecule has 1 aromatic rings. The lowest BCUT2D eigenvalue weighted by Gasteiger charge is -2.05. The molecule has 1 aromatic heterocycles. The summed E-state index contributed by atoms with van der Waals surface area (Å²) in [5.41, 5.74) is -0.0351. The normalized spacial score (nSPS) is 10.6. The van der Waals surface area contributed by atoms with Gasteiger partial charge in [0.1, 0.15) is 8.72 Å². The van der Waals surface area contributed by atoms with Gasteiger partial charge in [-0.25, -0.2) is 4.98 Å². The second kappa shape index (κ2) is 6.48. The Morgan fingerprint density at radius 3 is 2.87 bits per heavy atom. The third kappa shape index (κ3) is 3.75. The lowest BCUT2D eigenvalue weighted by molar-refractivity contribution is 0.562. The lowest BCUT2D eigenvalue weighted by atomic mass is 10.2. The quantitative estimate of drug-likeness (QED) is 0.469. The minimum Gasteiger partial charge on any atom is -0.298 e. The van der Waals surface area contributed by atoms with Gasteiger partial charge in [0.25, 0.3) is 5.56 Å². The molecule has 0 N–H and O–H groups in total. The summed E-state index contributed by atoms with van der Waals surface area (Å²) in [5.74, 6) is 0. The maximum absolute atomic E-state index is 11.7. The summed E-state index contributed by atoms with van der Waals surface area (Å²) in [6.07, 6.45) is 6.12. The lowest BCUT2D eigenvalue weighted by Crippen LogP contribution is -2.23. The molecular weight excluding hydrogens is 326 g/mol. The highest BCUT2D eigenvalue weighted by molar-refractivity contribution is 14.1. The summed E-state index contributed by atoms with van der Waals surface area (Å²) in [5, 5.41) is 0.297. The zero-order valence-corrected chi connectivity index (χ0v) is 11.6. The monoisotopic (exact) mass is 340 g/mol. The molecule has 3 nitrogen and oxygen atoms in total. The maximum atomic E-state index is 11.7. The first kappa shape index (κ1) is 13.0. The van der Waals surface area contributed by atoms with Crippen LogP contribution in [0, 0.1) is 3.57 Å². The first-order valence-electron chi connectivity index (χ1n) is 5.07. The summed E-state index contributed by atoms with van der Waals surface area (Å²) in [6, 6.07) is 0. The van der Waals surface area contributed by atoms with Crippen LogP contribution in [0.3, 0.4) is 0 Å². The summed E-state index contributed by atoms with van der Waals surface area (Å²) >= 11 is 7.67. The van der Waals surface area contributed by atoms with Gasteiger partial charge in [-0.05, 0) is 29.0 Å². The molecule has 0 atom stereocenters. The van der Waals surface area contributed by atoms with Gasteiger partial charge in [0, 0.05) is 6.54 Å². The van der Waals surface area contributed by atoms with Crippen molar-refractivity contribution in [3.05, 3.63) is 25.4 Å². The average molecular weight is 341 g/mol. The number of hydrogen-bond donors (Lipinski definition) is 0. The Bertz CT molecular complexity index is 378. The van der Waals surface area contributed by atoms with E-state index in [2.05, 4.69) is 11.9 Å². The summed E-state index contributed by atoms with van der Waals surface area (Å²) < 4.78 is 2.14. The van der Waals surface area contributed by atoms with Crippen LogP contribution in [0.4, 0.5) is 0 Å². The van der Waals surface area contributed by atoms with Crippen molar-refractivity contribution >= 4 is 34.2 Å². The largest absolute Gasteiger partial charge is 0.298 e. The van der Waals surface area contributed by atoms with Crippen molar-refractivity contribution in [3.63, 3.8) is 0 Å². The topological polar surface area (TPSA) is 34.9 Å². The van der Waals surface area contributed by atoms with Gasteiger partial charge >= 0.3 is 0 Å². The molecule has 0 fully saturated rings. The molecule has 0 bridgehead atoms. The molecule has 1 heterocycles. The van der Waals surface area contributed by atoms with Crippen molar-refractivity contribution in [2.75, 3.05) is 0 Å². The van der Waals surface area contributed by atoms with Crippen LogP contribution >= 0.6 is 34.2 Å². The van der Waals surface area contributed by atoms with E-state index in [0.29, 0.717) is 8.72 Å². The molecule has 0 amide bonds. The second-order valence-electron chi connectivity index (χ2n) is 3.41. The molecule has 0 aliphatic heterocycles. The highest BCUT2D eigenvalue weighted by Crippen LogP contribution is 2.09. The maximum Gasteiger partial charge on any atom is 0.268 e. The van der Waals surface area contributed by atoms with Gasteiger partial charge in [0.05, 0.1) is 6.33 Å². The average Bonchev–Trinajstić information content (AvgIpc) is 2.24. The molecule has 0 aliphatic carbocycles. The Morgan fingerprint density at radius 1 is 1.47 bits per heavy atom. The Labute approximate surface area is 108 Å². The number of nitrogens with zero attached hydrogens (tertiary/aromatic N) is 2. The molecular formula is C10H14ClIN2O. The van der Waals surface area contributed by atoms with Crippen LogP contribution in [0.15, 0.2) is 11.1 Å². The predicted octanol–water partition coefficient (Wildman–Crippen LogP) is 3.08. The van der Waals surface area contributed by atoms with Crippen LogP contribution in [0.25, 0.3) is 0 Å². The van der Waals surface area contributed by atoms with Crippen LogP contribution in [-0.2, 0) is 6.54 Å². The second-order valence-corrected chi connectivity index (χ2v) is 4.85. The van der Waals surface area contributed by atoms with Crippen molar-refractivity contribution in [3.8, 4) is 0 Å². The fourth-order valence-corrected chi connectivity index (χ4v) is 1.89. The van der Waals surface area contributed by atoms with E-state index in [9.17, 15) is 4.79 Å². The van der Waals surface area contributed by atoms with Crippen LogP contribution in [0.2, 0.25) is 5.15 Å². The molecule has 1 rings (SSSR count). The zero-order valence-electron chi connectivity index (χ0n) is 8.67. The zero-order chi connectivity index (χ0) is 11.3.